The molecule has 1 atom stereocenters. The zero-order valence-corrected chi connectivity index (χ0v) is 4.24. The summed E-state index contributed by atoms with van der Waals surface area (Å²) in [6.45, 7) is 0.243. The Hall–Kier alpha value is -0.800. The van der Waals surface area contributed by atoms with Crippen molar-refractivity contribution in [1.82, 2.24) is 0 Å². The normalized spacial score (nSPS) is 18.0. The summed E-state index contributed by atoms with van der Waals surface area (Å²) < 4.78 is 0. The van der Waals surface area contributed by atoms with Crippen LogP contribution in [0.4, 0.5) is 0 Å². The molecule has 0 aromatic rings. The second kappa shape index (κ2) is 1.98. The summed E-state index contributed by atoms with van der Waals surface area (Å²) in [4.78, 5) is 13.6. The maximum Gasteiger partial charge on any atom is 0.294 e. The van der Waals surface area contributed by atoms with Crippen LogP contribution in [0.15, 0.2) is 0 Å². The lowest BCUT2D eigenvalue weighted by atomic mass is 10.5. The molecule has 0 N–H and O–H groups in total. The standard InChI is InChI=1S/C4H6NO3/c6-5(7)8-3-4-1-2-4/h1,4H,2-3H2. The molecule has 1 radical (unpaired) electrons. The number of hydrogen-bond acceptors (Lipinski definition) is 3. The molecule has 1 aliphatic carbocycles. The Morgan fingerprint density at radius 1 is 2.00 bits per heavy atom. The molecule has 0 bridgehead atoms. The van der Waals surface area contributed by atoms with E-state index in [4.69, 9.17) is 0 Å². The third-order valence-corrected chi connectivity index (χ3v) is 0.963. The van der Waals surface area contributed by atoms with Crippen molar-refractivity contribution in [2.45, 2.75) is 6.42 Å². The van der Waals surface area contributed by atoms with E-state index in [1.165, 1.54) is 0 Å². The summed E-state index contributed by atoms with van der Waals surface area (Å²) in [6, 6.07) is 0. The van der Waals surface area contributed by atoms with E-state index in [1.807, 2.05) is 6.42 Å². The van der Waals surface area contributed by atoms with Crippen LogP contribution in [-0.4, -0.2) is 11.7 Å². The fraction of sp³-hybridized carbons (Fsp3) is 0.750. The molecule has 0 aromatic heterocycles. The first-order valence-electron chi connectivity index (χ1n) is 2.39. The average Bonchev–Trinajstić information content (AvgIpc) is 2.41. The zero-order valence-electron chi connectivity index (χ0n) is 4.24. The van der Waals surface area contributed by atoms with Gasteiger partial charge in [0.05, 0.1) is 6.61 Å². The van der Waals surface area contributed by atoms with Crippen LogP contribution in [0.5, 0.6) is 0 Å². The number of hydrogen-bond donors (Lipinski definition) is 0. The molecular formula is C4H6NO3. The first-order valence-corrected chi connectivity index (χ1v) is 2.39. The molecule has 4 nitrogen and oxygen atoms in total. The van der Waals surface area contributed by atoms with Gasteiger partial charge in [-0.25, -0.2) is 0 Å². The lowest BCUT2D eigenvalue weighted by molar-refractivity contribution is -0.758. The molecule has 0 saturated heterocycles. The van der Waals surface area contributed by atoms with Gasteiger partial charge >= 0.3 is 0 Å². The second-order valence-corrected chi connectivity index (χ2v) is 1.75. The van der Waals surface area contributed by atoms with E-state index in [9.17, 15) is 10.1 Å². The highest BCUT2D eigenvalue weighted by molar-refractivity contribution is 4.93. The number of rotatable bonds is 3. The minimum atomic E-state index is -0.758. The lowest BCUT2D eigenvalue weighted by Crippen LogP contribution is -2.02. The Morgan fingerprint density at radius 3 is 3.00 bits per heavy atom. The molecule has 4 heteroatoms. The highest BCUT2D eigenvalue weighted by Gasteiger charge is 2.22. The molecule has 1 saturated carbocycles. The fourth-order valence-corrected chi connectivity index (χ4v) is 0.389. The first kappa shape index (κ1) is 5.34. The van der Waals surface area contributed by atoms with Gasteiger partial charge in [-0.1, -0.05) is 0 Å². The molecule has 45 valence electrons. The van der Waals surface area contributed by atoms with E-state index in [0.717, 1.165) is 6.42 Å². The molecule has 0 aromatic carbocycles. The molecular weight excluding hydrogens is 110 g/mol. The predicted molar refractivity (Wildman–Crippen MR) is 25.4 cm³/mol. The summed E-state index contributed by atoms with van der Waals surface area (Å²) in [5.74, 6) is 0.348. The van der Waals surface area contributed by atoms with Gasteiger partial charge in [0, 0.05) is 0 Å². The maximum absolute atomic E-state index is 9.50. The summed E-state index contributed by atoms with van der Waals surface area (Å²) in [7, 11) is 0. The van der Waals surface area contributed by atoms with Crippen molar-refractivity contribution >= 4 is 0 Å². The lowest BCUT2D eigenvalue weighted by Gasteiger charge is -1.90. The van der Waals surface area contributed by atoms with E-state index in [-0.39, 0.29) is 6.61 Å². The van der Waals surface area contributed by atoms with Crippen LogP contribution in [0.3, 0.4) is 0 Å². The Kier molecular flexibility index (Phi) is 1.32. The van der Waals surface area contributed by atoms with Crippen molar-refractivity contribution in [3.05, 3.63) is 16.5 Å². The van der Waals surface area contributed by atoms with Crippen molar-refractivity contribution in [3.63, 3.8) is 0 Å². The smallest absolute Gasteiger partial charge is 0.294 e. The highest BCUT2D eigenvalue weighted by Crippen LogP contribution is 2.26. The van der Waals surface area contributed by atoms with Gasteiger partial charge in [-0.05, 0) is 18.8 Å². The van der Waals surface area contributed by atoms with Gasteiger partial charge in [0.15, 0.2) is 0 Å². The molecule has 0 spiro atoms. The molecule has 8 heavy (non-hydrogen) atoms. The predicted octanol–water partition coefficient (Wildman–Crippen LogP) is 0.419. The molecule has 1 aliphatic rings. The van der Waals surface area contributed by atoms with Gasteiger partial charge in [0.2, 0.25) is 0 Å². The van der Waals surface area contributed by atoms with Crippen LogP contribution in [0.2, 0.25) is 0 Å². The second-order valence-electron chi connectivity index (χ2n) is 1.75. The molecule has 0 heterocycles. The summed E-state index contributed by atoms with van der Waals surface area (Å²) >= 11 is 0. The first-order chi connectivity index (χ1) is 3.79. The molecule has 0 aliphatic heterocycles. The average molecular weight is 116 g/mol. The van der Waals surface area contributed by atoms with Crippen molar-refractivity contribution in [2.75, 3.05) is 6.61 Å². The Labute approximate surface area is 46.5 Å². The molecule has 1 fully saturated rings. The minimum absolute atomic E-state index is 0.243. The quantitative estimate of drug-likeness (QED) is 0.396. The topological polar surface area (TPSA) is 52.4 Å². The van der Waals surface area contributed by atoms with Crippen LogP contribution in [0, 0.1) is 22.5 Å². The van der Waals surface area contributed by atoms with Gasteiger partial charge < -0.3 is 4.84 Å². The van der Waals surface area contributed by atoms with Gasteiger partial charge in [-0.15, -0.1) is 10.1 Å². The fourth-order valence-electron chi connectivity index (χ4n) is 0.389. The molecule has 1 unspecified atom stereocenters. The largest absolute Gasteiger partial charge is 0.314 e. The third-order valence-electron chi connectivity index (χ3n) is 0.963. The van der Waals surface area contributed by atoms with E-state index in [2.05, 4.69) is 4.84 Å². The highest BCUT2D eigenvalue weighted by atomic mass is 16.9. The summed E-state index contributed by atoms with van der Waals surface area (Å²) in [5.41, 5.74) is 0. The van der Waals surface area contributed by atoms with Crippen LogP contribution in [0.1, 0.15) is 6.42 Å². The van der Waals surface area contributed by atoms with E-state index >= 15 is 0 Å². The Bertz CT molecular complexity index is 99.5. The SMILES string of the molecule is O=[N+]([O-])OCC1[CH]C1. The van der Waals surface area contributed by atoms with Gasteiger partial charge in [0.1, 0.15) is 0 Å². The molecule has 0 amide bonds. The Balaban J connectivity index is 1.95. The third kappa shape index (κ3) is 1.77. The zero-order chi connectivity index (χ0) is 5.98. The number of nitrogens with zero attached hydrogens (tertiary/aromatic N) is 1. The van der Waals surface area contributed by atoms with Crippen molar-refractivity contribution in [1.29, 1.82) is 0 Å². The van der Waals surface area contributed by atoms with Crippen molar-refractivity contribution in [3.8, 4) is 0 Å². The monoisotopic (exact) mass is 116 g/mol. The minimum Gasteiger partial charge on any atom is -0.314 e. The Morgan fingerprint density at radius 2 is 2.62 bits per heavy atom. The van der Waals surface area contributed by atoms with E-state index < -0.39 is 5.09 Å². The van der Waals surface area contributed by atoms with Crippen molar-refractivity contribution < 1.29 is 9.92 Å². The van der Waals surface area contributed by atoms with Gasteiger partial charge in [-0.2, -0.15) is 0 Å². The summed E-state index contributed by atoms with van der Waals surface area (Å²) in [6.07, 6.45) is 2.94. The van der Waals surface area contributed by atoms with Crippen LogP contribution < -0.4 is 0 Å². The van der Waals surface area contributed by atoms with Crippen LogP contribution in [0.25, 0.3) is 0 Å². The van der Waals surface area contributed by atoms with Crippen molar-refractivity contribution in [2.24, 2.45) is 5.92 Å². The molecule has 1 rings (SSSR count). The van der Waals surface area contributed by atoms with E-state index in [1.54, 1.807) is 0 Å². The van der Waals surface area contributed by atoms with Gasteiger partial charge in [0.25, 0.3) is 5.09 Å². The van der Waals surface area contributed by atoms with Crippen LogP contribution in [-0.2, 0) is 4.84 Å². The van der Waals surface area contributed by atoms with Gasteiger partial charge in [-0.3, -0.25) is 0 Å². The van der Waals surface area contributed by atoms with Crippen LogP contribution >= 0.6 is 0 Å². The maximum atomic E-state index is 9.50. The summed E-state index contributed by atoms with van der Waals surface area (Å²) in [5, 5.41) is 8.74. The van der Waals surface area contributed by atoms with E-state index in [0.29, 0.717) is 5.92 Å².